The quantitative estimate of drug-likeness (QED) is 0.399. The van der Waals surface area contributed by atoms with Crippen LogP contribution in [0.4, 0.5) is 19.7 Å². The molecule has 38 heavy (non-hydrogen) atoms. The maximum atomic E-state index is 16.5. The number of halogens is 2. The number of hydrogen-bond donors (Lipinski definition) is 1. The van der Waals surface area contributed by atoms with Crippen LogP contribution in [0, 0.1) is 23.0 Å². The van der Waals surface area contributed by atoms with Gasteiger partial charge >= 0.3 is 0 Å². The van der Waals surface area contributed by atoms with Crippen molar-refractivity contribution in [3.8, 4) is 17.3 Å². The molecular weight excluding hydrogens is 528 g/mol. The molecule has 2 saturated heterocycles. The first-order valence-corrected chi connectivity index (χ1v) is 14.4. The fourth-order valence-electron chi connectivity index (χ4n) is 5.86. The van der Waals surface area contributed by atoms with E-state index in [0.717, 1.165) is 67.2 Å². The second kappa shape index (κ2) is 9.27. The van der Waals surface area contributed by atoms with Gasteiger partial charge in [-0.1, -0.05) is 0 Å². The molecule has 0 unspecified atom stereocenters. The second-order valence-electron chi connectivity index (χ2n) is 9.72. The number of rotatable bonds is 3. The predicted molar refractivity (Wildman–Crippen MR) is 145 cm³/mol. The largest absolute Gasteiger partial charge is 0.389 e. The number of nitrogens with zero attached hydrogens (tertiary/aromatic N) is 6. The summed E-state index contributed by atoms with van der Waals surface area (Å²) in [5.41, 5.74) is 8.06. The summed E-state index contributed by atoms with van der Waals surface area (Å²) in [5, 5.41) is 10.7. The van der Waals surface area contributed by atoms with Crippen molar-refractivity contribution >= 4 is 55.0 Å². The van der Waals surface area contributed by atoms with E-state index in [-0.39, 0.29) is 50.6 Å². The van der Waals surface area contributed by atoms with Crippen molar-refractivity contribution in [3.05, 3.63) is 40.7 Å². The lowest BCUT2D eigenvalue weighted by Crippen LogP contribution is -2.42. The van der Waals surface area contributed by atoms with Gasteiger partial charge < -0.3 is 15.4 Å². The Morgan fingerprint density at radius 2 is 1.92 bits per heavy atom. The van der Waals surface area contributed by atoms with E-state index in [0.29, 0.717) is 22.9 Å². The number of nitrogens with two attached hydrogens (primary N) is 1. The third-order valence-electron chi connectivity index (χ3n) is 7.74. The fraction of sp³-hybridized carbons (Fsp3) is 0.385. The molecule has 0 saturated carbocycles. The van der Waals surface area contributed by atoms with Gasteiger partial charge in [-0.25, -0.2) is 18.7 Å². The van der Waals surface area contributed by atoms with Crippen LogP contribution in [0.5, 0.6) is 0 Å². The van der Waals surface area contributed by atoms with Crippen LogP contribution in [0.25, 0.3) is 32.2 Å². The highest BCUT2D eigenvalue weighted by atomic mass is 32.2. The summed E-state index contributed by atoms with van der Waals surface area (Å²) < 4.78 is 37.1. The van der Waals surface area contributed by atoms with E-state index in [9.17, 15) is 9.65 Å². The Bertz CT molecular complexity index is 1650. The van der Waals surface area contributed by atoms with Gasteiger partial charge in [0.1, 0.15) is 16.6 Å². The topological polar surface area (TPSA) is 104 Å². The Balaban J connectivity index is 1.37. The first kappa shape index (κ1) is 24.0. The van der Waals surface area contributed by atoms with E-state index in [1.165, 1.54) is 0 Å². The molecule has 4 aromatic rings. The molecule has 194 valence electrons. The average molecular weight is 552 g/mol. The van der Waals surface area contributed by atoms with E-state index < -0.39 is 11.6 Å². The summed E-state index contributed by atoms with van der Waals surface area (Å²) in [6.07, 6.45) is 3.75. The van der Waals surface area contributed by atoms with Crippen LogP contribution in [-0.4, -0.2) is 63.6 Å². The molecule has 0 aliphatic carbocycles. The molecule has 3 aromatic heterocycles. The van der Waals surface area contributed by atoms with Gasteiger partial charge in [-0.3, -0.25) is 9.88 Å². The smallest absolute Gasteiger partial charge is 0.226 e. The van der Waals surface area contributed by atoms with Crippen molar-refractivity contribution in [3.63, 3.8) is 0 Å². The van der Waals surface area contributed by atoms with E-state index in [2.05, 4.69) is 19.8 Å². The first-order chi connectivity index (χ1) is 18.5. The number of benzene rings is 1. The van der Waals surface area contributed by atoms with E-state index in [4.69, 9.17) is 15.5 Å². The van der Waals surface area contributed by atoms with Crippen LogP contribution in [0.1, 0.15) is 23.1 Å². The minimum Gasteiger partial charge on any atom is -0.389 e. The van der Waals surface area contributed by atoms with Gasteiger partial charge in [0.05, 0.1) is 35.4 Å². The molecule has 0 radical (unpaired) electrons. The number of pyridine rings is 1. The van der Waals surface area contributed by atoms with Crippen LogP contribution in [0.3, 0.4) is 0 Å². The van der Waals surface area contributed by atoms with Crippen molar-refractivity contribution in [2.75, 3.05) is 48.3 Å². The van der Waals surface area contributed by atoms with Crippen LogP contribution < -0.4 is 10.6 Å². The second-order valence-corrected chi connectivity index (χ2v) is 12.0. The summed E-state index contributed by atoms with van der Waals surface area (Å²) in [6.45, 7) is 4.23. The fourth-order valence-corrected chi connectivity index (χ4v) is 7.71. The van der Waals surface area contributed by atoms with E-state index in [1.807, 2.05) is 17.8 Å². The molecule has 0 bridgehead atoms. The summed E-state index contributed by atoms with van der Waals surface area (Å²) >= 11 is 2.95. The molecule has 2 fully saturated rings. The Hall–Kier alpha value is -3.11. The van der Waals surface area contributed by atoms with Gasteiger partial charge in [-0.05, 0) is 17.5 Å². The van der Waals surface area contributed by atoms with Crippen LogP contribution in [0.2, 0.25) is 0 Å². The minimum absolute atomic E-state index is 0.0989. The van der Waals surface area contributed by atoms with Crippen LogP contribution in [-0.2, 0) is 18.0 Å². The lowest BCUT2D eigenvalue weighted by atomic mass is 9.94. The average Bonchev–Trinajstić information content (AvgIpc) is 3.69. The molecule has 0 spiro atoms. The number of fused-ring (bicyclic) bond motifs is 4. The number of nitrogen functional groups attached to an aromatic ring is 1. The molecule has 2 N–H and O–H groups in total. The van der Waals surface area contributed by atoms with E-state index >= 15 is 4.39 Å². The van der Waals surface area contributed by atoms with Crippen molar-refractivity contribution < 1.29 is 13.5 Å². The maximum Gasteiger partial charge on any atom is 0.226 e. The van der Waals surface area contributed by atoms with Gasteiger partial charge in [0, 0.05) is 66.3 Å². The van der Waals surface area contributed by atoms with Crippen LogP contribution in [0.15, 0.2) is 12.4 Å². The molecule has 8 nitrogen and oxygen atoms in total. The number of thioether (sulfide) groups is 1. The lowest BCUT2D eigenvalue weighted by Gasteiger charge is -2.31. The zero-order valence-corrected chi connectivity index (χ0v) is 22.0. The number of aromatic nitrogens is 3. The third kappa shape index (κ3) is 3.64. The minimum atomic E-state index is -0.600. The van der Waals surface area contributed by atoms with Crippen molar-refractivity contribution in [1.82, 2.24) is 19.9 Å². The highest BCUT2D eigenvalue weighted by Crippen LogP contribution is 2.45. The van der Waals surface area contributed by atoms with Gasteiger partial charge in [-0.2, -0.15) is 17.0 Å². The molecule has 7 rings (SSSR count). The molecule has 6 heterocycles. The monoisotopic (exact) mass is 551 g/mol. The molecule has 3 aliphatic heterocycles. The van der Waals surface area contributed by atoms with Crippen molar-refractivity contribution in [2.45, 2.75) is 25.7 Å². The normalized spacial score (nSPS) is 19.9. The van der Waals surface area contributed by atoms with Gasteiger partial charge in [0.15, 0.2) is 11.6 Å². The Morgan fingerprint density at radius 3 is 2.74 bits per heavy atom. The maximum absolute atomic E-state index is 16.5. The highest BCUT2D eigenvalue weighted by Gasteiger charge is 2.32. The predicted octanol–water partition coefficient (Wildman–Crippen LogP) is 4.30. The lowest BCUT2D eigenvalue weighted by molar-refractivity contribution is 0.135. The van der Waals surface area contributed by atoms with Gasteiger partial charge in [-0.15, -0.1) is 11.3 Å². The zero-order chi connectivity index (χ0) is 26.0. The van der Waals surface area contributed by atoms with E-state index in [1.54, 1.807) is 6.20 Å². The molecule has 1 aromatic carbocycles. The summed E-state index contributed by atoms with van der Waals surface area (Å²) in [5.74, 6) is 1.61. The summed E-state index contributed by atoms with van der Waals surface area (Å²) in [7, 11) is 0. The number of thiophene rings is 1. The van der Waals surface area contributed by atoms with Crippen molar-refractivity contribution in [1.29, 1.82) is 5.26 Å². The molecule has 0 amide bonds. The Labute approximate surface area is 225 Å². The Morgan fingerprint density at radius 1 is 1.11 bits per heavy atom. The standard InChI is InChI=1S/C26H23F2N7OS2/c27-18-9-31-23(20-14(7-29)25(30)38-24(18)20)19-17-12-36-11-16(17)15-8-32-26(33-22(15)21(19)28)35-2-1-13(10-35)34-3-5-37-6-4-34/h8-9,13H,1-6,10-12,30H2/t13-/m1/s1. The highest BCUT2D eigenvalue weighted by molar-refractivity contribution is 7.99. The summed E-state index contributed by atoms with van der Waals surface area (Å²) in [6, 6.07) is 2.48. The molecule has 3 aliphatic rings. The van der Waals surface area contributed by atoms with Crippen LogP contribution >= 0.6 is 23.1 Å². The molecular formula is C26H23F2N7OS2. The number of ether oxygens (including phenoxy) is 1. The Kier molecular flexibility index (Phi) is 5.85. The molecule has 1 atom stereocenters. The zero-order valence-electron chi connectivity index (χ0n) is 20.3. The van der Waals surface area contributed by atoms with Gasteiger partial charge in [0.2, 0.25) is 5.95 Å². The molecule has 12 heteroatoms. The third-order valence-corrected chi connectivity index (χ3v) is 9.71. The van der Waals surface area contributed by atoms with Crippen molar-refractivity contribution in [2.24, 2.45) is 0 Å². The number of nitriles is 1. The number of hydrogen-bond acceptors (Lipinski definition) is 10. The number of anilines is 2. The SMILES string of the molecule is N#Cc1c(N)sc2c(F)cnc(-c3c4c(c5cnc(N6CC[C@@H](N7CCSCC7)C6)nc5c3F)COC4)c12. The summed E-state index contributed by atoms with van der Waals surface area (Å²) in [4.78, 5) is 18.3. The van der Waals surface area contributed by atoms with Gasteiger partial charge in [0.25, 0.3) is 0 Å². The first-order valence-electron chi connectivity index (χ1n) is 12.5.